The zero-order valence-corrected chi connectivity index (χ0v) is 12.0. The smallest absolute Gasteiger partial charge is 0.312 e. The molecule has 0 aliphatic rings. The molecule has 1 aromatic rings. The van der Waals surface area contributed by atoms with E-state index in [1.165, 1.54) is 7.11 Å². The average molecular weight is 270 g/mol. The highest BCUT2D eigenvalue weighted by molar-refractivity contribution is 6.30. The van der Waals surface area contributed by atoms with Gasteiger partial charge in [-0.3, -0.25) is 4.79 Å². The second kappa shape index (κ2) is 6.21. The third kappa shape index (κ3) is 4.00. The first-order valence-corrected chi connectivity index (χ1v) is 6.32. The Kier molecular flexibility index (Phi) is 5.17. The summed E-state index contributed by atoms with van der Waals surface area (Å²) in [5, 5.41) is 4.04. The largest absolute Gasteiger partial charge is 0.469 e. The number of halogens is 1. The van der Waals surface area contributed by atoms with Crippen molar-refractivity contribution in [1.82, 2.24) is 5.32 Å². The van der Waals surface area contributed by atoms with Crippen molar-refractivity contribution in [1.29, 1.82) is 0 Å². The first-order valence-electron chi connectivity index (χ1n) is 5.94. The van der Waals surface area contributed by atoms with Crippen molar-refractivity contribution in [3.63, 3.8) is 0 Å². The second-order valence-corrected chi connectivity index (χ2v) is 5.47. The summed E-state index contributed by atoms with van der Waals surface area (Å²) < 4.78 is 4.77. The predicted octanol–water partition coefficient (Wildman–Crippen LogP) is 3.19. The van der Waals surface area contributed by atoms with E-state index in [4.69, 9.17) is 16.3 Å². The minimum absolute atomic E-state index is 0.132. The summed E-state index contributed by atoms with van der Waals surface area (Å²) in [4.78, 5) is 11.6. The molecule has 4 heteroatoms. The van der Waals surface area contributed by atoms with Crippen molar-refractivity contribution in [2.45, 2.75) is 26.8 Å². The Morgan fingerprint density at radius 1 is 1.50 bits per heavy atom. The van der Waals surface area contributed by atoms with Crippen molar-refractivity contribution in [3.8, 4) is 0 Å². The summed E-state index contributed by atoms with van der Waals surface area (Å²) in [6, 6.07) is 7.82. The lowest BCUT2D eigenvalue weighted by atomic mass is 9.93. The summed E-state index contributed by atoms with van der Waals surface area (Å²) in [5.74, 6) is -0.215. The van der Waals surface area contributed by atoms with Gasteiger partial charge in [-0.2, -0.15) is 0 Å². The highest BCUT2D eigenvalue weighted by atomic mass is 35.5. The molecular weight excluding hydrogens is 250 g/mol. The quantitative estimate of drug-likeness (QED) is 0.835. The molecule has 0 amide bonds. The summed E-state index contributed by atoms with van der Waals surface area (Å²) in [6.07, 6.45) is 0. The van der Waals surface area contributed by atoms with Crippen molar-refractivity contribution in [2.24, 2.45) is 5.41 Å². The van der Waals surface area contributed by atoms with Crippen LogP contribution in [-0.2, 0) is 9.53 Å². The monoisotopic (exact) mass is 269 g/mol. The van der Waals surface area contributed by atoms with E-state index in [1.54, 1.807) is 0 Å². The molecule has 0 spiro atoms. The highest BCUT2D eigenvalue weighted by Gasteiger charge is 2.28. The number of ether oxygens (including phenoxy) is 1. The number of benzene rings is 1. The molecule has 0 aliphatic carbocycles. The molecule has 0 aliphatic heterocycles. The molecule has 0 bridgehead atoms. The summed E-state index contributed by atoms with van der Waals surface area (Å²) in [7, 11) is 1.41. The van der Waals surface area contributed by atoms with Crippen LogP contribution in [0.5, 0.6) is 0 Å². The standard InChI is InChI=1S/C14H20ClNO2/c1-10(11-6-5-7-12(15)8-11)16-9-14(2,3)13(17)18-4/h5-8,10,16H,9H2,1-4H3/t10-/m1/s1. The molecule has 0 unspecified atom stereocenters. The Labute approximate surface area is 113 Å². The van der Waals surface area contributed by atoms with Gasteiger partial charge in [-0.25, -0.2) is 0 Å². The van der Waals surface area contributed by atoms with Gasteiger partial charge in [-0.1, -0.05) is 23.7 Å². The van der Waals surface area contributed by atoms with Gasteiger partial charge < -0.3 is 10.1 Å². The van der Waals surface area contributed by atoms with E-state index >= 15 is 0 Å². The Morgan fingerprint density at radius 2 is 2.17 bits per heavy atom. The van der Waals surface area contributed by atoms with Gasteiger partial charge in [-0.15, -0.1) is 0 Å². The molecule has 0 radical (unpaired) electrons. The van der Waals surface area contributed by atoms with Crippen LogP contribution in [0.15, 0.2) is 24.3 Å². The van der Waals surface area contributed by atoms with E-state index in [0.29, 0.717) is 11.6 Å². The first kappa shape index (κ1) is 15.0. The van der Waals surface area contributed by atoms with E-state index < -0.39 is 5.41 Å². The number of hydrogen-bond acceptors (Lipinski definition) is 3. The minimum atomic E-state index is -0.540. The molecule has 1 aromatic carbocycles. The SMILES string of the molecule is COC(=O)C(C)(C)CN[C@H](C)c1cccc(Cl)c1. The molecule has 1 rings (SSSR count). The Bertz CT molecular complexity index is 418. The van der Waals surface area contributed by atoms with Crippen molar-refractivity contribution in [3.05, 3.63) is 34.9 Å². The molecule has 0 fully saturated rings. The van der Waals surface area contributed by atoms with Gasteiger partial charge in [0, 0.05) is 17.6 Å². The molecule has 18 heavy (non-hydrogen) atoms. The third-order valence-corrected chi connectivity index (χ3v) is 3.17. The topological polar surface area (TPSA) is 38.3 Å². The van der Waals surface area contributed by atoms with Gasteiger partial charge in [0.2, 0.25) is 0 Å². The van der Waals surface area contributed by atoms with Gasteiger partial charge >= 0.3 is 5.97 Å². The third-order valence-electron chi connectivity index (χ3n) is 2.94. The van der Waals surface area contributed by atoms with Crippen LogP contribution >= 0.6 is 11.6 Å². The van der Waals surface area contributed by atoms with E-state index in [-0.39, 0.29) is 12.0 Å². The van der Waals surface area contributed by atoms with Gasteiger partial charge in [0.1, 0.15) is 0 Å². The fourth-order valence-electron chi connectivity index (χ4n) is 1.65. The number of esters is 1. The lowest BCUT2D eigenvalue weighted by Gasteiger charge is -2.24. The molecule has 0 saturated heterocycles. The Balaban J connectivity index is 2.61. The van der Waals surface area contributed by atoms with Crippen LogP contribution in [0.1, 0.15) is 32.4 Å². The molecular formula is C14H20ClNO2. The number of carbonyl (C=O) groups is 1. The predicted molar refractivity (Wildman–Crippen MR) is 73.7 cm³/mol. The van der Waals surface area contributed by atoms with Crippen LogP contribution in [0.25, 0.3) is 0 Å². The number of rotatable bonds is 5. The number of carbonyl (C=O) groups excluding carboxylic acids is 1. The van der Waals surface area contributed by atoms with Gasteiger partial charge in [-0.05, 0) is 38.5 Å². The van der Waals surface area contributed by atoms with Crippen molar-refractivity contribution < 1.29 is 9.53 Å². The van der Waals surface area contributed by atoms with E-state index in [1.807, 2.05) is 45.0 Å². The molecule has 0 saturated carbocycles. The maximum Gasteiger partial charge on any atom is 0.312 e. The average Bonchev–Trinajstić information content (AvgIpc) is 2.35. The zero-order valence-electron chi connectivity index (χ0n) is 11.3. The maximum absolute atomic E-state index is 11.6. The normalized spacial score (nSPS) is 13.2. The van der Waals surface area contributed by atoms with Gasteiger partial charge in [0.25, 0.3) is 0 Å². The number of nitrogens with one attached hydrogen (secondary N) is 1. The molecule has 3 nitrogen and oxygen atoms in total. The first-order chi connectivity index (χ1) is 8.36. The van der Waals surface area contributed by atoms with E-state index in [2.05, 4.69) is 5.32 Å². The number of methoxy groups -OCH3 is 1. The molecule has 1 N–H and O–H groups in total. The Hall–Kier alpha value is -1.06. The van der Waals surface area contributed by atoms with Crippen molar-refractivity contribution >= 4 is 17.6 Å². The fourth-order valence-corrected chi connectivity index (χ4v) is 1.85. The van der Waals surface area contributed by atoms with Crippen LogP contribution < -0.4 is 5.32 Å². The molecule has 1 atom stereocenters. The fraction of sp³-hybridized carbons (Fsp3) is 0.500. The Morgan fingerprint density at radius 3 is 2.72 bits per heavy atom. The van der Waals surface area contributed by atoms with Crippen LogP contribution in [0.4, 0.5) is 0 Å². The van der Waals surface area contributed by atoms with Crippen LogP contribution in [0, 0.1) is 5.41 Å². The summed E-state index contributed by atoms with van der Waals surface area (Å²) in [6.45, 7) is 6.30. The highest BCUT2D eigenvalue weighted by Crippen LogP contribution is 2.20. The number of hydrogen-bond donors (Lipinski definition) is 1. The van der Waals surface area contributed by atoms with E-state index in [9.17, 15) is 4.79 Å². The summed E-state index contributed by atoms with van der Waals surface area (Å²) >= 11 is 5.95. The van der Waals surface area contributed by atoms with Crippen molar-refractivity contribution in [2.75, 3.05) is 13.7 Å². The van der Waals surface area contributed by atoms with E-state index in [0.717, 1.165) is 5.56 Å². The molecule has 0 heterocycles. The van der Waals surface area contributed by atoms with Gasteiger partial charge in [0.15, 0.2) is 0 Å². The summed E-state index contributed by atoms with van der Waals surface area (Å²) in [5.41, 5.74) is 0.560. The lowest BCUT2D eigenvalue weighted by Crippen LogP contribution is -2.37. The van der Waals surface area contributed by atoms with Crippen LogP contribution in [0.2, 0.25) is 5.02 Å². The maximum atomic E-state index is 11.6. The zero-order chi connectivity index (χ0) is 13.8. The lowest BCUT2D eigenvalue weighted by molar-refractivity contribution is -0.150. The second-order valence-electron chi connectivity index (χ2n) is 5.03. The van der Waals surface area contributed by atoms with Crippen LogP contribution in [0.3, 0.4) is 0 Å². The van der Waals surface area contributed by atoms with Crippen LogP contribution in [-0.4, -0.2) is 19.6 Å². The molecule has 100 valence electrons. The van der Waals surface area contributed by atoms with Gasteiger partial charge in [0.05, 0.1) is 12.5 Å². The molecule has 0 aromatic heterocycles. The minimum Gasteiger partial charge on any atom is -0.469 e.